The third-order valence-corrected chi connectivity index (χ3v) is 3.98. The van der Waals surface area contributed by atoms with E-state index in [0.717, 1.165) is 37.1 Å². The summed E-state index contributed by atoms with van der Waals surface area (Å²) >= 11 is 3.46. The van der Waals surface area contributed by atoms with Crippen molar-refractivity contribution in [1.29, 1.82) is 0 Å². The molecule has 1 saturated heterocycles. The van der Waals surface area contributed by atoms with Gasteiger partial charge in [0, 0.05) is 25.2 Å². The molecule has 1 aromatic rings. The van der Waals surface area contributed by atoms with Crippen molar-refractivity contribution in [2.45, 2.75) is 13.3 Å². The normalized spacial score (nSPS) is 14.8. The molecule has 0 aromatic heterocycles. The molecular weight excluding hydrogens is 372 g/mol. The minimum Gasteiger partial charge on any atom is -0.493 e. The molecule has 1 aliphatic heterocycles. The van der Waals surface area contributed by atoms with Crippen LogP contribution in [0.4, 0.5) is 0 Å². The van der Waals surface area contributed by atoms with Crippen LogP contribution in [0.15, 0.2) is 16.6 Å². The second kappa shape index (κ2) is 9.22. The van der Waals surface area contributed by atoms with Crippen molar-refractivity contribution in [1.82, 2.24) is 10.2 Å². The number of nitrogens with zero attached hydrogens (tertiary/aromatic N) is 1. The molecule has 0 spiro atoms. The average molecular weight is 394 g/mol. The Morgan fingerprint density at radius 2 is 2.14 bits per heavy atom. The maximum Gasteiger partial charge on any atom is 0.254 e. The fourth-order valence-corrected chi connectivity index (χ4v) is 2.92. The van der Waals surface area contributed by atoms with Crippen LogP contribution in [-0.4, -0.2) is 50.7 Å². The summed E-state index contributed by atoms with van der Waals surface area (Å²) in [5.41, 5.74) is 0.615. The number of carbonyl (C=O) groups excluding carboxylic acids is 1. The van der Waals surface area contributed by atoms with Crippen molar-refractivity contribution in [2.75, 3.05) is 39.9 Å². The number of hydrogen-bond donors (Lipinski definition) is 1. The lowest BCUT2D eigenvalue weighted by Gasteiger charge is -2.21. The quantitative estimate of drug-likeness (QED) is 0.854. The lowest BCUT2D eigenvalue weighted by Crippen LogP contribution is -2.34. The highest BCUT2D eigenvalue weighted by molar-refractivity contribution is 9.10. The van der Waals surface area contributed by atoms with Gasteiger partial charge in [-0.05, 0) is 48.0 Å². The Labute approximate surface area is 145 Å². The zero-order valence-electron chi connectivity index (χ0n) is 12.9. The van der Waals surface area contributed by atoms with Crippen LogP contribution in [0, 0.1) is 0 Å². The fraction of sp³-hybridized carbons (Fsp3) is 0.533. The van der Waals surface area contributed by atoms with E-state index in [2.05, 4.69) is 21.2 Å². The van der Waals surface area contributed by atoms with E-state index in [9.17, 15) is 4.79 Å². The Balaban J connectivity index is 0.00000242. The Morgan fingerprint density at radius 1 is 1.36 bits per heavy atom. The molecule has 0 unspecified atom stereocenters. The predicted molar refractivity (Wildman–Crippen MR) is 92.5 cm³/mol. The van der Waals surface area contributed by atoms with Crippen LogP contribution < -0.4 is 14.8 Å². The van der Waals surface area contributed by atoms with Crippen LogP contribution >= 0.6 is 28.3 Å². The van der Waals surface area contributed by atoms with E-state index in [0.29, 0.717) is 23.7 Å². The topological polar surface area (TPSA) is 50.8 Å². The summed E-state index contributed by atoms with van der Waals surface area (Å²) in [6.07, 6.45) is 0.973. The Bertz CT molecular complexity index is 506. The van der Waals surface area contributed by atoms with Crippen molar-refractivity contribution in [3.63, 3.8) is 0 Å². The van der Waals surface area contributed by atoms with E-state index >= 15 is 0 Å². The molecule has 7 heteroatoms. The van der Waals surface area contributed by atoms with Crippen LogP contribution in [0.2, 0.25) is 0 Å². The monoisotopic (exact) mass is 392 g/mol. The van der Waals surface area contributed by atoms with E-state index in [1.807, 2.05) is 11.8 Å². The van der Waals surface area contributed by atoms with Gasteiger partial charge < -0.3 is 19.7 Å². The van der Waals surface area contributed by atoms with Gasteiger partial charge in [-0.1, -0.05) is 0 Å². The molecule has 0 aliphatic carbocycles. The standard InChI is InChI=1S/C15H21BrN2O3.ClH/c1-3-21-14-12(16)9-11(10-13(14)20-2)15(19)18-7-4-5-17-6-8-18;/h9-10,17H,3-8H2,1-2H3;1H. The predicted octanol–water partition coefficient (Wildman–Crippen LogP) is 2.71. The maximum absolute atomic E-state index is 12.6. The summed E-state index contributed by atoms with van der Waals surface area (Å²) < 4.78 is 11.6. The van der Waals surface area contributed by atoms with E-state index < -0.39 is 0 Å². The third kappa shape index (κ3) is 4.51. The number of amides is 1. The number of halogens is 2. The van der Waals surface area contributed by atoms with Crippen LogP contribution in [0.25, 0.3) is 0 Å². The molecule has 1 N–H and O–H groups in total. The largest absolute Gasteiger partial charge is 0.493 e. The van der Waals surface area contributed by atoms with Crippen LogP contribution in [-0.2, 0) is 0 Å². The number of hydrogen-bond acceptors (Lipinski definition) is 4. The lowest BCUT2D eigenvalue weighted by atomic mass is 10.1. The van der Waals surface area contributed by atoms with Gasteiger partial charge in [-0.3, -0.25) is 4.79 Å². The van der Waals surface area contributed by atoms with Crippen molar-refractivity contribution in [3.8, 4) is 11.5 Å². The molecule has 0 saturated carbocycles. The molecule has 22 heavy (non-hydrogen) atoms. The first-order valence-corrected chi connectivity index (χ1v) is 7.97. The van der Waals surface area contributed by atoms with E-state index in [1.54, 1.807) is 19.2 Å². The summed E-state index contributed by atoms with van der Waals surface area (Å²) in [5.74, 6) is 1.23. The van der Waals surface area contributed by atoms with Gasteiger partial charge in [-0.25, -0.2) is 0 Å². The van der Waals surface area contributed by atoms with Crippen LogP contribution in [0.3, 0.4) is 0 Å². The molecule has 1 aromatic carbocycles. The number of methoxy groups -OCH3 is 1. The highest BCUT2D eigenvalue weighted by atomic mass is 79.9. The molecule has 124 valence electrons. The number of rotatable bonds is 4. The SMILES string of the molecule is CCOc1c(Br)cc(C(=O)N2CCCNCC2)cc1OC.Cl. The summed E-state index contributed by atoms with van der Waals surface area (Å²) in [4.78, 5) is 14.5. The molecule has 1 heterocycles. The second-order valence-electron chi connectivity index (χ2n) is 4.82. The summed E-state index contributed by atoms with van der Waals surface area (Å²) in [6.45, 7) is 5.75. The van der Waals surface area contributed by atoms with Gasteiger partial charge in [0.05, 0.1) is 18.2 Å². The van der Waals surface area contributed by atoms with Gasteiger partial charge in [-0.2, -0.15) is 0 Å². The third-order valence-electron chi connectivity index (χ3n) is 3.39. The number of carbonyl (C=O) groups is 1. The van der Waals surface area contributed by atoms with Crippen molar-refractivity contribution in [2.24, 2.45) is 0 Å². The molecule has 2 rings (SSSR count). The van der Waals surface area contributed by atoms with Crippen molar-refractivity contribution >= 4 is 34.2 Å². The smallest absolute Gasteiger partial charge is 0.254 e. The first-order valence-electron chi connectivity index (χ1n) is 7.17. The van der Waals surface area contributed by atoms with Crippen molar-refractivity contribution in [3.05, 3.63) is 22.2 Å². The van der Waals surface area contributed by atoms with Gasteiger partial charge in [0.2, 0.25) is 0 Å². The maximum atomic E-state index is 12.6. The summed E-state index contributed by atoms with van der Waals surface area (Å²) in [6, 6.07) is 3.55. The van der Waals surface area contributed by atoms with E-state index in [4.69, 9.17) is 9.47 Å². The number of benzene rings is 1. The lowest BCUT2D eigenvalue weighted by molar-refractivity contribution is 0.0766. The minimum absolute atomic E-state index is 0. The molecule has 1 fully saturated rings. The zero-order valence-corrected chi connectivity index (χ0v) is 15.3. The molecule has 1 aliphatic rings. The molecule has 1 amide bonds. The van der Waals surface area contributed by atoms with Gasteiger partial charge in [0.15, 0.2) is 11.5 Å². The molecule has 0 bridgehead atoms. The molecule has 0 atom stereocenters. The Hall–Kier alpha value is -0.980. The Morgan fingerprint density at radius 3 is 2.82 bits per heavy atom. The average Bonchev–Trinajstić information content (AvgIpc) is 2.77. The van der Waals surface area contributed by atoms with Gasteiger partial charge in [0.25, 0.3) is 5.91 Å². The van der Waals surface area contributed by atoms with E-state index in [-0.39, 0.29) is 18.3 Å². The number of ether oxygens (including phenoxy) is 2. The van der Waals surface area contributed by atoms with Gasteiger partial charge >= 0.3 is 0 Å². The summed E-state index contributed by atoms with van der Waals surface area (Å²) in [7, 11) is 1.58. The summed E-state index contributed by atoms with van der Waals surface area (Å²) in [5, 5.41) is 3.30. The first kappa shape index (κ1) is 19.1. The minimum atomic E-state index is 0. The molecule has 5 nitrogen and oxygen atoms in total. The highest BCUT2D eigenvalue weighted by Gasteiger charge is 2.20. The fourth-order valence-electron chi connectivity index (χ4n) is 2.36. The van der Waals surface area contributed by atoms with Crippen LogP contribution in [0.1, 0.15) is 23.7 Å². The van der Waals surface area contributed by atoms with Gasteiger partial charge in [-0.15, -0.1) is 12.4 Å². The molecular formula is C15H22BrClN2O3. The van der Waals surface area contributed by atoms with Crippen molar-refractivity contribution < 1.29 is 14.3 Å². The Kier molecular flexibility index (Phi) is 8.00. The zero-order chi connectivity index (χ0) is 15.2. The van der Waals surface area contributed by atoms with E-state index in [1.165, 1.54) is 0 Å². The highest BCUT2D eigenvalue weighted by Crippen LogP contribution is 2.37. The van der Waals surface area contributed by atoms with Crippen LogP contribution in [0.5, 0.6) is 11.5 Å². The van der Waals surface area contributed by atoms with Gasteiger partial charge in [0.1, 0.15) is 0 Å². The number of nitrogens with one attached hydrogen (secondary N) is 1. The molecule has 0 radical (unpaired) electrons. The first-order chi connectivity index (χ1) is 10.2. The second-order valence-corrected chi connectivity index (χ2v) is 5.67.